The number of hydrogen-bond donors (Lipinski definition) is 2. The molecule has 0 atom stereocenters. The van der Waals surface area contributed by atoms with Crippen molar-refractivity contribution >= 4 is 28.6 Å². The van der Waals surface area contributed by atoms with E-state index in [0.717, 1.165) is 55.3 Å². The highest BCUT2D eigenvalue weighted by molar-refractivity contribution is 5.92. The molecule has 8 heteroatoms. The molecular formula is C20H23N7O. The van der Waals surface area contributed by atoms with Crippen LogP contribution in [0.5, 0.6) is 0 Å². The number of nitrogens with one attached hydrogen (secondary N) is 2. The molecule has 0 spiro atoms. The van der Waals surface area contributed by atoms with Gasteiger partial charge in [-0.15, -0.1) is 0 Å². The topological polar surface area (TPSA) is 86.3 Å². The minimum absolute atomic E-state index is 0.195. The van der Waals surface area contributed by atoms with E-state index in [1.54, 1.807) is 18.6 Å². The molecule has 0 bridgehead atoms. The van der Waals surface area contributed by atoms with Crippen LogP contribution in [0.4, 0.5) is 16.4 Å². The highest BCUT2D eigenvalue weighted by Crippen LogP contribution is 2.16. The molecule has 2 aromatic heterocycles. The molecule has 0 saturated carbocycles. The second-order valence-electron chi connectivity index (χ2n) is 6.67. The van der Waals surface area contributed by atoms with Crippen LogP contribution >= 0.6 is 0 Å². The average molecular weight is 377 g/mol. The number of aromatic nitrogens is 3. The van der Waals surface area contributed by atoms with Crippen LogP contribution < -0.4 is 15.5 Å². The first kappa shape index (κ1) is 18.1. The number of rotatable bonds is 5. The first-order valence-electron chi connectivity index (χ1n) is 9.42. The van der Waals surface area contributed by atoms with Gasteiger partial charge in [0, 0.05) is 68.9 Å². The number of pyridine rings is 1. The number of urea groups is 1. The average Bonchev–Trinajstić information content (AvgIpc) is 2.75. The summed E-state index contributed by atoms with van der Waals surface area (Å²) >= 11 is 0. The summed E-state index contributed by atoms with van der Waals surface area (Å²) in [6, 6.07) is 11.2. The second kappa shape index (κ2) is 8.62. The van der Waals surface area contributed by atoms with Crippen molar-refractivity contribution in [2.45, 2.75) is 0 Å². The molecule has 1 aliphatic heterocycles. The van der Waals surface area contributed by atoms with Gasteiger partial charge in [0.25, 0.3) is 0 Å². The van der Waals surface area contributed by atoms with Crippen LogP contribution in [-0.4, -0.2) is 65.2 Å². The summed E-state index contributed by atoms with van der Waals surface area (Å²) in [7, 11) is 0. The second-order valence-corrected chi connectivity index (χ2v) is 6.67. The lowest BCUT2D eigenvalue weighted by Crippen LogP contribution is -2.49. The Morgan fingerprint density at radius 3 is 2.57 bits per heavy atom. The minimum atomic E-state index is -0.195. The van der Waals surface area contributed by atoms with Crippen LogP contribution in [0.15, 0.2) is 55.0 Å². The molecule has 0 radical (unpaired) electrons. The van der Waals surface area contributed by atoms with E-state index in [9.17, 15) is 4.79 Å². The molecule has 8 nitrogen and oxygen atoms in total. The molecule has 28 heavy (non-hydrogen) atoms. The summed E-state index contributed by atoms with van der Waals surface area (Å²) in [5.41, 5.74) is 1.67. The Hall–Kier alpha value is -3.26. The van der Waals surface area contributed by atoms with Crippen LogP contribution in [0.25, 0.3) is 10.9 Å². The van der Waals surface area contributed by atoms with E-state index in [2.05, 4.69) is 35.4 Å². The number of fused-ring (bicyclic) bond motifs is 1. The molecule has 3 heterocycles. The highest BCUT2D eigenvalue weighted by Gasteiger charge is 2.18. The van der Waals surface area contributed by atoms with Crippen molar-refractivity contribution in [1.29, 1.82) is 0 Å². The monoisotopic (exact) mass is 377 g/mol. The van der Waals surface area contributed by atoms with Gasteiger partial charge in [-0.25, -0.2) is 14.8 Å². The van der Waals surface area contributed by atoms with Gasteiger partial charge in [0.05, 0.1) is 5.52 Å². The summed E-state index contributed by atoms with van der Waals surface area (Å²) in [6.07, 6.45) is 5.29. The maximum atomic E-state index is 12.1. The van der Waals surface area contributed by atoms with Gasteiger partial charge >= 0.3 is 6.03 Å². The molecule has 1 aliphatic rings. The fraction of sp³-hybridized carbons (Fsp3) is 0.300. The number of carbonyl (C=O) groups excluding carboxylic acids is 1. The van der Waals surface area contributed by atoms with Crippen LogP contribution in [0, 0.1) is 0 Å². The third-order valence-electron chi connectivity index (χ3n) is 4.78. The van der Waals surface area contributed by atoms with Gasteiger partial charge in [0.15, 0.2) is 0 Å². The molecule has 1 saturated heterocycles. The van der Waals surface area contributed by atoms with Crippen LogP contribution in [-0.2, 0) is 0 Å². The Morgan fingerprint density at radius 2 is 1.75 bits per heavy atom. The van der Waals surface area contributed by atoms with E-state index in [1.165, 1.54) is 0 Å². The Kier molecular flexibility index (Phi) is 5.58. The van der Waals surface area contributed by atoms with E-state index in [-0.39, 0.29) is 6.03 Å². The van der Waals surface area contributed by atoms with Gasteiger partial charge in [-0.1, -0.05) is 6.07 Å². The van der Waals surface area contributed by atoms with E-state index >= 15 is 0 Å². The normalized spacial score (nSPS) is 14.8. The molecule has 2 N–H and O–H groups in total. The molecule has 0 unspecified atom stereocenters. The summed E-state index contributed by atoms with van der Waals surface area (Å²) < 4.78 is 0. The minimum Gasteiger partial charge on any atom is -0.338 e. The van der Waals surface area contributed by atoms with Crippen LogP contribution in [0.1, 0.15) is 0 Å². The number of nitrogens with zero attached hydrogens (tertiary/aromatic N) is 5. The van der Waals surface area contributed by atoms with Crippen LogP contribution in [0.3, 0.4) is 0 Å². The van der Waals surface area contributed by atoms with Gasteiger partial charge in [-0.05, 0) is 30.3 Å². The predicted molar refractivity (Wildman–Crippen MR) is 109 cm³/mol. The van der Waals surface area contributed by atoms with Crippen molar-refractivity contribution in [1.82, 2.24) is 25.2 Å². The van der Waals surface area contributed by atoms with Gasteiger partial charge in [-0.2, -0.15) is 0 Å². The Bertz CT molecular complexity index is 926. The summed E-state index contributed by atoms with van der Waals surface area (Å²) in [5.74, 6) is 0.783. The zero-order chi connectivity index (χ0) is 19.2. The van der Waals surface area contributed by atoms with Crippen molar-refractivity contribution in [2.24, 2.45) is 0 Å². The Balaban J connectivity index is 1.19. The standard InChI is InChI=1S/C20H23N7O/c28-20(25-17-4-5-18-16(15-17)3-1-6-21-18)24-9-10-26-11-13-27(14-12-26)19-22-7-2-8-23-19/h1-8,15H,9-14H2,(H2,24,25,28). The van der Waals surface area contributed by atoms with Crippen molar-refractivity contribution < 1.29 is 4.79 Å². The molecule has 144 valence electrons. The SMILES string of the molecule is O=C(NCCN1CCN(c2ncccn2)CC1)Nc1ccc2ncccc2c1. The molecule has 0 aliphatic carbocycles. The van der Waals surface area contributed by atoms with Crippen molar-refractivity contribution in [3.05, 3.63) is 55.0 Å². The number of hydrogen-bond acceptors (Lipinski definition) is 6. The molecule has 2 amide bonds. The predicted octanol–water partition coefficient (Wildman–Crippen LogP) is 1.97. The van der Waals surface area contributed by atoms with E-state index in [0.29, 0.717) is 6.54 Å². The van der Waals surface area contributed by atoms with Gasteiger partial charge in [0.1, 0.15) is 0 Å². The third-order valence-corrected chi connectivity index (χ3v) is 4.78. The number of piperazine rings is 1. The lowest BCUT2D eigenvalue weighted by molar-refractivity contribution is 0.240. The van der Waals surface area contributed by atoms with E-state index in [1.807, 2.05) is 36.4 Å². The third kappa shape index (κ3) is 4.52. The Morgan fingerprint density at radius 1 is 0.964 bits per heavy atom. The van der Waals surface area contributed by atoms with Crippen molar-refractivity contribution in [2.75, 3.05) is 49.5 Å². The summed E-state index contributed by atoms with van der Waals surface area (Å²) in [6.45, 7) is 5.06. The maximum Gasteiger partial charge on any atom is 0.319 e. The van der Waals surface area contributed by atoms with E-state index < -0.39 is 0 Å². The lowest BCUT2D eigenvalue weighted by Gasteiger charge is -2.34. The molecule has 3 aromatic rings. The fourth-order valence-corrected chi connectivity index (χ4v) is 3.28. The molecular weight excluding hydrogens is 354 g/mol. The van der Waals surface area contributed by atoms with E-state index in [4.69, 9.17) is 0 Å². The number of amides is 2. The Labute approximate surface area is 163 Å². The van der Waals surface area contributed by atoms with Crippen LogP contribution in [0.2, 0.25) is 0 Å². The zero-order valence-electron chi connectivity index (χ0n) is 15.6. The maximum absolute atomic E-state index is 12.1. The number of anilines is 2. The largest absolute Gasteiger partial charge is 0.338 e. The molecule has 1 fully saturated rings. The van der Waals surface area contributed by atoms with Crippen molar-refractivity contribution in [3.8, 4) is 0 Å². The van der Waals surface area contributed by atoms with Gasteiger partial charge in [-0.3, -0.25) is 9.88 Å². The van der Waals surface area contributed by atoms with Gasteiger partial charge in [0.2, 0.25) is 5.95 Å². The first-order valence-corrected chi connectivity index (χ1v) is 9.42. The molecule has 1 aromatic carbocycles. The van der Waals surface area contributed by atoms with Crippen molar-refractivity contribution in [3.63, 3.8) is 0 Å². The quantitative estimate of drug-likeness (QED) is 0.707. The molecule has 4 rings (SSSR count). The number of carbonyl (C=O) groups is 1. The lowest BCUT2D eigenvalue weighted by atomic mass is 10.2. The summed E-state index contributed by atoms with van der Waals surface area (Å²) in [4.78, 5) is 29.5. The summed E-state index contributed by atoms with van der Waals surface area (Å²) in [5, 5.41) is 6.80. The zero-order valence-corrected chi connectivity index (χ0v) is 15.6. The number of benzene rings is 1. The highest BCUT2D eigenvalue weighted by atomic mass is 16.2. The smallest absolute Gasteiger partial charge is 0.319 e. The first-order chi connectivity index (χ1) is 13.8. The van der Waals surface area contributed by atoms with Gasteiger partial charge < -0.3 is 15.5 Å². The fourth-order valence-electron chi connectivity index (χ4n) is 3.28.